The highest BCUT2D eigenvalue weighted by Crippen LogP contribution is 2.23. The third-order valence-electron chi connectivity index (χ3n) is 4.59. The summed E-state index contributed by atoms with van der Waals surface area (Å²) in [6.07, 6.45) is 1.98. The molecule has 2 unspecified atom stereocenters. The van der Waals surface area contributed by atoms with Crippen LogP contribution < -0.4 is 5.32 Å². The van der Waals surface area contributed by atoms with Crippen molar-refractivity contribution in [2.24, 2.45) is 5.92 Å². The molecule has 1 aromatic rings. The van der Waals surface area contributed by atoms with Gasteiger partial charge in [0.2, 0.25) is 10.0 Å². The first-order valence-electron chi connectivity index (χ1n) is 8.88. The molecule has 0 bridgehead atoms. The highest BCUT2D eigenvalue weighted by molar-refractivity contribution is 7.89. The number of methoxy groups -OCH3 is 1. The van der Waals surface area contributed by atoms with Crippen LogP contribution in [0.1, 0.15) is 36.5 Å². The molecule has 1 saturated heterocycles. The lowest BCUT2D eigenvalue weighted by molar-refractivity contribution is -0.139. The van der Waals surface area contributed by atoms with E-state index in [1.54, 1.807) is 0 Å². The average molecular weight is 398 g/mol. The summed E-state index contributed by atoms with van der Waals surface area (Å²) in [5.74, 6) is -1.41. The van der Waals surface area contributed by atoms with E-state index in [0.29, 0.717) is 19.0 Å². The topological polar surface area (TPSA) is 113 Å². The van der Waals surface area contributed by atoms with Gasteiger partial charge in [0.05, 0.1) is 4.90 Å². The zero-order chi connectivity index (χ0) is 20.0. The summed E-state index contributed by atoms with van der Waals surface area (Å²) in [5.41, 5.74) is 0.199. The van der Waals surface area contributed by atoms with Gasteiger partial charge in [-0.15, -0.1) is 0 Å². The van der Waals surface area contributed by atoms with Crippen LogP contribution in [0.2, 0.25) is 0 Å². The van der Waals surface area contributed by atoms with Crippen molar-refractivity contribution in [1.82, 2.24) is 9.62 Å². The predicted octanol–water partition coefficient (Wildman–Crippen LogP) is 1.33. The van der Waals surface area contributed by atoms with Gasteiger partial charge in [0.15, 0.2) is 0 Å². The molecule has 2 N–H and O–H groups in total. The Bertz CT molecular complexity index is 763. The zero-order valence-corrected chi connectivity index (χ0v) is 16.4. The largest absolute Gasteiger partial charge is 0.480 e. The second kappa shape index (κ2) is 9.29. The molecule has 150 valence electrons. The van der Waals surface area contributed by atoms with Gasteiger partial charge in [-0.05, 0) is 43.0 Å². The van der Waals surface area contributed by atoms with Crippen molar-refractivity contribution in [3.05, 3.63) is 29.8 Å². The molecule has 8 nitrogen and oxygen atoms in total. The first-order chi connectivity index (χ1) is 12.8. The van der Waals surface area contributed by atoms with Crippen molar-refractivity contribution < 1.29 is 27.9 Å². The Morgan fingerprint density at radius 3 is 2.56 bits per heavy atom. The third kappa shape index (κ3) is 5.50. The van der Waals surface area contributed by atoms with Crippen molar-refractivity contribution >= 4 is 21.9 Å². The fraction of sp³-hybridized carbons (Fsp3) is 0.556. The minimum absolute atomic E-state index is 0.127. The van der Waals surface area contributed by atoms with E-state index in [2.05, 4.69) is 5.32 Å². The van der Waals surface area contributed by atoms with Gasteiger partial charge in [-0.3, -0.25) is 4.79 Å². The summed E-state index contributed by atoms with van der Waals surface area (Å²) in [7, 11) is -2.15. The number of nitrogens with one attached hydrogen (secondary N) is 1. The van der Waals surface area contributed by atoms with Gasteiger partial charge in [0, 0.05) is 38.8 Å². The highest BCUT2D eigenvalue weighted by Gasteiger charge is 2.29. The number of carboxylic acid groups (broad SMARTS) is 1. The number of sulfonamides is 1. The number of hydrogen-bond acceptors (Lipinski definition) is 5. The minimum Gasteiger partial charge on any atom is -0.480 e. The Hall–Kier alpha value is -1.97. The van der Waals surface area contributed by atoms with E-state index in [4.69, 9.17) is 9.84 Å². The van der Waals surface area contributed by atoms with Crippen molar-refractivity contribution in [2.45, 2.75) is 37.1 Å². The summed E-state index contributed by atoms with van der Waals surface area (Å²) in [4.78, 5) is 23.6. The Balaban J connectivity index is 2.09. The maximum atomic E-state index is 12.7. The van der Waals surface area contributed by atoms with Crippen LogP contribution in [-0.4, -0.2) is 62.6 Å². The number of hydrogen-bond donors (Lipinski definition) is 2. The molecule has 2 atom stereocenters. The van der Waals surface area contributed by atoms with Crippen LogP contribution in [0.25, 0.3) is 0 Å². The zero-order valence-electron chi connectivity index (χ0n) is 15.6. The Kier molecular flexibility index (Phi) is 7.34. The number of nitrogens with zero attached hydrogens (tertiary/aromatic N) is 1. The number of benzene rings is 1. The molecular formula is C18H26N2O6S. The number of aliphatic carboxylic acids is 1. The van der Waals surface area contributed by atoms with Crippen molar-refractivity contribution in [3.63, 3.8) is 0 Å². The van der Waals surface area contributed by atoms with E-state index in [0.717, 1.165) is 12.8 Å². The van der Waals surface area contributed by atoms with Gasteiger partial charge in [-0.1, -0.05) is 6.92 Å². The van der Waals surface area contributed by atoms with Gasteiger partial charge < -0.3 is 15.2 Å². The Labute approximate surface area is 159 Å². The number of amides is 1. The fourth-order valence-electron chi connectivity index (χ4n) is 3.03. The summed E-state index contributed by atoms with van der Waals surface area (Å²) in [5, 5.41) is 11.6. The average Bonchev–Trinajstić information content (AvgIpc) is 2.64. The number of piperidine rings is 1. The SMILES string of the molecule is COCCC(NC(=O)c1ccc(S(=O)(=O)N2CCCC(C)C2)cc1)C(=O)O. The molecule has 0 spiro atoms. The minimum atomic E-state index is -3.59. The number of carboxylic acids is 1. The lowest BCUT2D eigenvalue weighted by Crippen LogP contribution is -2.41. The first-order valence-corrected chi connectivity index (χ1v) is 10.3. The summed E-state index contributed by atoms with van der Waals surface area (Å²) in [6, 6.07) is 4.48. The lowest BCUT2D eigenvalue weighted by Gasteiger charge is -2.30. The number of carbonyl (C=O) groups excluding carboxylic acids is 1. The monoisotopic (exact) mass is 398 g/mol. The molecule has 1 heterocycles. The van der Waals surface area contributed by atoms with E-state index < -0.39 is 27.9 Å². The molecule has 2 rings (SSSR count). The molecule has 0 saturated carbocycles. The Morgan fingerprint density at radius 2 is 2.00 bits per heavy atom. The summed E-state index contributed by atoms with van der Waals surface area (Å²) < 4.78 is 31.8. The van der Waals surface area contributed by atoms with Crippen LogP contribution in [0, 0.1) is 5.92 Å². The molecule has 1 fully saturated rings. The smallest absolute Gasteiger partial charge is 0.326 e. The quantitative estimate of drug-likeness (QED) is 0.683. The number of ether oxygens (including phenoxy) is 1. The molecule has 1 aliphatic rings. The molecule has 0 aliphatic carbocycles. The standard InChI is InChI=1S/C18H26N2O6S/c1-13-4-3-10-20(12-13)27(24,25)15-7-5-14(6-8-15)17(21)19-16(18(22)23)9-11-26-2/h5-8,13,16H,3-4,9-12H2,1-2H3,(H,19,21)(H,22,23). The van der Waals surface area contributed by atoms with E-state index in [9.17, 15) is 18.0 Å². The highest BCUT2D eigenvalue weighted by atomic mass is 32.2. The van der Waals surface area contributed by atoms with Crippen LogP contribution in [0.3, 0.4) is 0 Å². The van der Waals surface area contributed by atoms with E-state index in [-0.39, 0.29) is 23.5 Å². The molecule has 1 aromatic carbocycles. The van der Waals surface area contributed by atoms with Gasteiger partial charge >= 0.3 is 5.97 Å². The van der Waals surface area contributed by atoms with Gasteiger partial charge in [-0.25, -0.2) is 13.2 Å². The van der Waals surface area contributed by atoms with E-state index in [1.807, 2.05) is 6.92 Å². The van der Waals surface area contributed by atoms with Gasteiger partial charge in [0.1, 0.15) is 6.04 Å². The molecule has 27 heavy (non-hydrogen) atoms. The van der Waals surface area contributed by atoms with Gasteiger partial charge in [-0.2, -0.15) is 4.31 Å². The summed E-state index contributed by atoms with van der Waals surface area (Å²) >= 11 is 0. The van der Waals surface area contributed by atoms with Crippen LogP contribution >= 0.6 is 0 Å². The van der Waals surface area contributed by atoms with Crippen molar-refractivity contribution in [2.75, 3.05) is 26.8 Å². The van der Waals surface area contributed by atoms with Crippen LogP contribution in [0.15, 0.2) is 29.2 Å². The molecule has 1 aliphatic heterocycles. The van der Waals surface area contributed by atoms with Gasteiger partial charge in [0.25, 0.3) is 5.91 Å². The summed E-state index contributed by atoms with van der Waals surface area (Å²) in [6.45, 7) is 3.21. The maximum Gasteiger partial charge on any atom is 0.326 e. The Morgan fingerprint density at radius 1 is 1.33 bits per heavy atom. The van der Waals surface area contributed by atoms with E-state index in [1.165, 1.54) is 35.7 Å². The molecule has 0 radical (unpaired) electrons. The molecule has 9 heteroatoms. The normalized spacial score (nSPS) is 19.4. The second-order valence-corrected chi connectivity index (χ2v) is 8.72. The fourth-order valence-corrected chi connectivity index (χ4v) is 4.62. The lowest BCUT2D eigenvalue weighted by atomic mass is 10.0. The number of rotatable bonds is 8. The molecular weight excluding hydrogens is 372 g/mol. The number of carbonyl (C=O) groups is 2. The molecule has 1 amide bonds. The maximum absolute atomic E-state index is 12.7. The van der Waals surface area contributed by atoms with Crippen molar-refractivity contribution in [3.8, 4) is 0 Å². The van der Waals surface area contributed by atoms with Crippen molar-refractivity contribution in [1.29, 1.82) is 0 Å². The van der Waals surface area contributed by atoms with Crippen LogP contribution in [0.5, 0.6) is 0 Å². The third-order valence-corrected chi connectivity index (χ3v) is 6.47. The second-order valence-electron chi connectivity index (χ2n) is 6.78. The molecule has 0 aromatic heterocycles. The predicted molar refractivity (Wildman–Crippen MR) is 99.0 cm³/mol. The first kappa shape index (κ1) is 21.3. The van der Waals surface area contributed by atoms with E-state index >= 15 is 0 Å². The van der Waals surface area contributed by atoms with Crippen LogP contribution in [0.4, 0.5) is 0 Å². The van der Waals surface area contributed by atoms with Crippen LogP contribution in [-0.2, 0) is 19.6 Å².